The van der Waals surface area contributed by atoms with E-state index in [2.05, 4.69) is 5.32 Å². The number of hydrogen-bond donors (Lipinski definition) is 4. The molecule has 0 aliphatic carbocycles. The molecule has 1 amide bonds. The van der Waals surface area contributed by atoms with Crippen LogP contribution >= 0.6 is 0 Å². The quantitative estimate of drug-likeness (QED) is 0.535. The maximum atomic E-state index is 11.9. The Kier molecular flexibility index (Phi) is 4.80. The summed E-state index contributed by atoms with van der Waals surface area (Å²) in [6.45, 7) is -1.78. The Labute approximate surface area is 104 Å². The van der Waals surface area contributed by atoms with Gasteiger partial charge in [0.2, 0.25) is 0 Å². The molecule has 0 unspecified atom stereocenters. The minimum atomic E-state index is -1.47. The van der Waals surface area contributed by atoms with Gasteiger partial charge in [0.25, 0.3) is 5.91 Å². The van der Waals surface area contributed by atoms with E-state index in [0.717, 1.165) is 0 Å². The van der Waals surface area contributed by atoms with Crippen LogP contribution in [-0.2, 0) is 0 Å². The maximum Gasteiger partial charge on any atom is 0.251 e. The third-order valence-corrected chi connectivity index (χ3v) is 2.54. The van der Waals surface area contributed by atoms with Gasteiger partial charge in [-0.05, 0) is 18.2 Å². The molecule has 1 rings (SSSR count). The van der Waals surface area contributed by atoms with Gasteiger partial charge in [0, 0.05) is 5.56 Å². The fourth-order valence-electron chi connectivity index (χ4n) is 1.31. The number of rotatable bonds is 5. The van der Waals surface area contributed by atoms with Gasteiger partial charge in [-0.3, -0.25) is 4.79 Å². The summed E-state index contributed by atoms with van der Waals surface area (Å²) in [5.41, 5.74) is -0.932. The van der Waals surface area contributed by atoms with Gasteiger partial charge in [0.05, 0.1) is 31.5 Å². The fraction of sp³-hybridized carbons (Fsp3) is 0.333. The maximum absolute atomic E-state index is 11.9. The normalized spacial score (nSPS) is 10.8. The number of nitrogens with one attached hydrogen (secondary N) is 1. The van der Waals surface area contributed by atoms with Crippen molar-refractivity contribution in [2.24, 2.45) is 0 Å². The van der Waals surface area contributed by atoms with E-state index in [4.69, 9.17) is 20.6 Å². The van der Waals surface area contributed by atoms with Crippen LogP contribution < -0.4 is 5.32 Å². The van der Waals surface area contributed by atoms with Crippen molar-refractivity contribution in [2.75, 3.05) is 19.8 Å². The van der Waals surface area contributed by atoms with Gasteiger partial charge in [-0.1, -0.05) is 6.07 Å². The number of aliphatic hydroxyl groups is 3. The summed E-state index contributed by atoms with van der Waals surface area (Å²) in [6.07, 6.45) is 0. The predicted octanol–water partition coefficient (Wildman–Crippen LogP) is -0.996. The first kappa shape index (κ1) is 14.1. The zero-order valence-corrected chi connectivity index (χ0v) is 9.63. The highest BCUT2D eigenvalue weighted by Crippen LogP contribution is 2.08. The first-order valence-corrected chi connectivity index (χ1v) is 5.26. The molecule has 96 valence electrons. The molecule has 0 saturated heterocycles. The van der Waals surface area contributed by atoms with Crippen molar-refractivity contribution in [3.63, 3.8) is 0 Å². The van der Waals surface area contributed by atoms with E-state index in [1.165, 1.54) is 12.1 Å². The molecule has 6 nitrogen and oxygen atoms in total. The number of carbonyl (C=O) groups excluding carboxylic acids is 1. The molecule has 0 spiro atoms. The number of benzene rings is 1. The van der Waals surface area contributed by atoms with Crippen molar-refractivity contribution in [3.05, 3.63) is 35.4 Å². The molecule has 0 aliphatic heterocycles. The molecule has 0 radical (unpaired) electrons. The average molecular weight is 250 g/mol. The number of aliphatic hydroxyl groups excluding tert-OH is 3. The number of hydrogen-bond acceptors (Lipinski definition) is 5. The monoisotopic (exact) mass is 250 g/mol. The first-order valence-electron chi connectivity index (χ1n) is 5.26. The molecule has 0 fully saturated rings. The van der Waals surface area contributed by atoms with Crippen molar-refractivity contribution in [1.29, 1.82) is 5.26 Å². The third-order valence-electron chi connectivity index (χ3n) is 2.54. The third kappa shape index (κ3) is 3.05. The molecule has 0 aromatic heterocycles. The number of amides is 1. The summed E-state index contributed by atoms with van der Waals surface area (Å²) in [4.78, 5) is 11.9. The first-order chi connectivity index (χ1) is 8.60. The predicted molar refractivity (Wildman–Crippen MR) is 62.6 cm³/mol. The second-order valence-corrected chi connectivity index (χ2v) is 3.90. The number of nitrogens with zero attached hydrogens (tertiary/aromatic N) is 1. The van der Waals surface area contributed by atoms with Crippen molar-refractivity contribution < 1.29 is 20.1 Å². The second kappa shape index (κ2) is 6.12. The Balaban J connectivity index is 2.91. The number of nitriles is 1. The molecule has 1 aromatic rings. The molecule has 4 N–H and O–H groups in total. The lowest BCUT2D eigenvalue weighted by molar-refractivity contribution is 0.0375. The van der Waals surface area contributed by atoms with Crippen LogP contribution in [-0.4, -0.2) is 46.6 Å². The Morgan fingerprint density at radius 1 is 1.28 bits per heavy atom. The highest BCUT2D eigenvalue weighted by molar-refractivity contribution is 5.95. The van der Waals surface area contributed by atoms with E-state index in [-0.39, 0.29) is 5.56 Å². The van der Waals surface area contributed by atoms with Crippen LogP contribution in [0.15, 0.2) is 24.3 Å². The van der Waals surface area contributed by atoms with E-state index in [9.17, 15) is 4.79 Å². The molecular weight excluding hydrogens is 236 g/mol. The summed E-state index contributed by atoms with van der Waals surface area (Å²) in [6, 6.07) is 7.87. The van der Waals surface area contributed by atoms with Crippen LogP contribution in [0.1, 0.15) is 15.9 Å². The fourth-order valence-corrected chi connectivity index (χ4v) is 1.31. The summed E-state index contributed by atoms with van der Waals surface area (Å²) in [5, 5.41) is 38.3. The van der Waals surface area contributed by atoms with Gasteiger partial charge in [-0.25, -0.2) is 0 Å². The van der Waals surface area contributed by atoms with Gasteiger partial charge >= 0.3 is 0 Å². The average Bonchev–Trinajstić information content (AvgIpc) is 2.44. The molecule has 0 saturated carbocycles. The van der Waals surface area contributed by atoms with E-state index in [1.807, 2.05) is 6.07 Å². The second-order valence-electron chi connectivity index (χ2n) is 3.90. The summed E-state index contributed by atoms with van der Waals surface area (Å²) in [5.74, 6) is -0.579. The van der Waals surface area contributed by atoms with Crippen LogP contribution in [0.4, 0.5) is 0 Å². The molecule has 0 heterocycles. The van der Waals surface area contributed by atoms with E-state index < -0.39 is 31.3 Å². The van der Waals surface area contributed by atoms with Gasteiger partial charge < -0.3 is 20.6 Å². The van der Waals surface area contributed by atoms with Crippen molar-refractivity contribution in [3.8, 4) is 6.07 Å². The minimum Gasteiger partial charge on any atom is -0.394 e. The van der Waals surface area contributed by atoms with Crippen LogP contribution in [0.3, 0.4) is 0 Å². The van der Waals surface area contributed by atoms with E-state index >= 15 is 0 Å². The topological polar surface area (TPSA) is 114 Å². The van der Waals surface area contributed by atoms with Crippen LogP contribution in [0, 0.1) is 11.3 Å². The zero-order chi connectivity index (χ0) is 13.6. The lowest BCUT2D eigenvalue weighted by atomic mass is 10.0. The van der Waals surface area contributed by atoms with Gasteiger partial charge in [-0.15, -0.1) is 0 Å². The van der Waals surface area contributed by atoms with Crippen LogP contribution in [0.5, 0.6) is 0 Å². The lowest BCUT2D eigenvalue weighted by Crippen LogP contribution is -2.57. The molecular formula is C12H14N2O4. The molecule has 0 bridgehead atoms. The highest BCUT2D eigenvalue weighted by atomic mass is 16.3. The highest BCUT2D eigenvalue weighted by Gasteiger charge is 2.30. The Morgan fingerprint density at radius 2 is 1.89 bits per heavy atom. The molecule has 0 aliphatic rings. The SMILES string of the molecule is N#Cc1cccc(C(=O)NC(CO)(CO)CO)c1. The van der Waals surface area contributed by atoms with Crippen molar-refractivity contribution in [2.45, 2.75) is 5.54 Å². The zero-order valence-electron chi connectivity index (χ0n) is 9.63. The largest absolute Gasteiger partial charge is 0.394 e. The van der Waals surface area contributed by atoms with E-state index in [0.29, 0.717) is 5.56 Å². The Hall–Kier alpha value is -1.94. The summed E-state index contributed by atoms with van der Waals surface area (Å²) >= 11 is 0. The molecule has 1 aromatic carbocycles. The lowest BCUT2D eigenvalue weighted by Gasteiger charge is -2.28. The van der Waals surface area contributed by atoms with Gasteiger partial charge in [0.1, 0.15) is 5.54 Å². The minimum absolute atomic E-state index is 0.216. The molecule has 18 heavy (non-hydrogen) atoms. The Bertz CT molecular complexity index is 455. The summed E-state index contributed by atoms with van der Waals surface area (Å²) in [7, 11) is 0. The van der Waals surface area contributed by atoms with Crippen LogP contribution in [0.25, 0.3) is 0 Å². The van der Waals surface area contributed by atoms with E-state index in [1.54, 1.807) is 12.1 Å². The van der Waals surface area contributed by atoms with Crippen LogP contribution in [0.2, 0.25) is 0 Å². The van der Waals surface area contributed by atoms with Gasteiger partial charge in [-0.2, -0.15) is 5.26 Å². The molecule has 6 heteroatoms. The van der Waals surface area contributed by atoms with Crippen molar-refractivity contribution in [1.82, 2.24) is 5.32 Å². The number of carbonyl (C=O) groups is 1. The standard InChI is InChI=1S/C12H14N2O4/c13-5-9-2-1-3-10(4-9)11(18)14-12(6-15,7-16)8-17/h1-4,15-17H,6-8H2,(H,14,18). The molecule has 0 atom stereocenters. The Morgan fingerprint density at radius 3 is 2.39 bits per heavy atom. The summed E-state index contributed by atoms with van der Waals surface area (Å²) < 4.78 is 0. The van der Waals surface area contributed by atoms with Crippen molar-refractivity contribution >= 4 is 5.91 Å². The smallest absolute Gasteiger partial charge is 0.251 e. The van der Waals surface area contributed by atoms with Gasteiger partial charge in [0.15, 0.2) is 0 Å².